The van der Waals surface area contributed by atoms with E-state index in [0.29, 0.717) is 24.6 Å². The largest absolute Gasteiger partial charge is 0.310 e. The lowest BCUT2D eigenvalue weighted by Gasteiger charge is -2.11. The highest BCUT2D eigenvalue weighted by molar-refractivity contribution is 7.92. The fraction of sp³-hybridized carbons (Fsp3) is 0.727. The lowest BCUT2D eigenvalue weighted by molar-refractivity contribution is 0.555. The van der Waals surface area contributed by atoms with Gasteiger partial charge in [0.15, 0.2) is 14.9 Å². The third-order valence-electron chi connectivity index (χ3n) is 3.66. The smallest absolute Gasteiger partial charge is 0.258 e. The first kappa shape index (κ1) is 14.9. The van der Waals surface area contributed by atoms with Gasteiger partial charge in [-0.2, -0.15) is 5.10 Å². The van der Waals surface area contributed by atoms with Crippen LogP contribution in [-0.4, -0.2) is 50.6 Å². The molecule has 1 aromatic rings. The van der Waals surface area contributed by atoms with Crippen molar-refractivity contribution in [1.82, 2.24) is 20.2 Å². The van der Waals surface area contributed by atoms with Gasteiger partial charge in [-0.15, -0.1) is 0 Å². The van der Waals surface area contributed by atoms with E-state index in [2.05, 4.69) is 20.2 Å². The maximum absolute atomic E-state index is 12.3. The minimum Gasteiger partial charge on any atom is -0.310 e. The molecule has 1 unspecified atom stereocenters. The molecule has 1 aliphatic carbocycles. The molecule has 21 heavy (non-hydrogen) atoms. The Labute approximate surface area is 123 Å². The molecule has 1 aromatic heterocycles. The van der Waals surface area contributed by atoms with Crippen LogP contribution < -0.4 is 10.0 Å². The number of sulfonamides is 1. The fourth-order valence-electron chi connectivity index (χ4n) is 2.37. The van der Waals surface area contributed by atoms with Gasteiger partial charge in [-0.1, -0.05) is 0 Å². The minimum atomic E-state index is -3.78. The van der Waals surface area contributed by atoms with Crippen molar-refractivity contribution in [1.29, 1.82) is 0 Å². The number of aromatic amines is 1. The zero-order chi connectivity index (χ0) is 15.1. The maximum Gasteiger partial charge on any atom is 0.258 e. The predicted molar refractivity (Wildman–Crippen MR) is 75.8 cm³/mol. The topological polar surface area (TPSA) is 121 Å². The van der Waals surface area contributed by atoms with Crippen LogP contribution in [-0.2, 0) is 26.4 Å². The first-order chi connectivity index (χ1) is 9.86. The van der Waals surface area contributed by atoms with Crippen molar-refractivity contribution in [2.24, 2.45) is 0 Å². The van der Waals surface area contributed by atoms with E-state index in [1.165, 1.54) is 6.20 Å². The second-order valence-corrected chi connectivity index (χ2v) is 9.48. The van der Waals surface area contributed by atoms with Gasteiger partial charge in [0.05, 0.1) is 17.7 Å². The molecule has 0 amide bonds. The van der Waals surface area contributed by atoms with Crippen molar-refractivity contribution in [2.75, 3.05) is 11.5 Å². The van der Waals surface area contributed by atoms with Crippen LogP contribution in [0.25, 0.3) is 0 Å². The molecule has 8 nitrogen and oxygen atoms in total. The Morgan fingerprint density at radius 3 is 2.67 bits per heavy atom. The number of nitrogens with zero attached hydrogens (tertiary/aromatic N) is 1. The van der Waals surface area contributed by atoms with E-state index in [0.717, 1.165) is 12.8 Å². The summed E-state index contributed by atoms with van der Waals surface area (Å²) in [7, 11) is -6.91. The van der Waals surface area contributed by atoms with E-state index in [1.807, 2.05) is 0 Å². The Morgan fingerprint density at radius 1 is 1.29 bits per heavy atom. The fourth-order valence-corrected chi connectivity index (χ4v) is 5.55. The van der Waals surface area contributed by atoms with Crippen molar-refractivity contribution in [3.05, 3.63) is 11.8 Å². The van der Waals surface area contributed by atoms with Crippen molar-refractivity contribution in [3.63, 3.8) is 0 Å². The molecule has 3 rings (SSSR count). The zero-order valence-electron chi connectivity index (χ0n) is 11.4. The van der Waals surface area contributed by atoms with Gasteiger partial charge in [0.25, 0.3) is 10.0 Å². The summed E-state index contributed by atoms with van der Waals surface area (Å²) in [5, 5.41) is 9.53. The number of nitrogens with one attached hydrogen (secondary N) is 3. The average Bonchev–Trinajstić information content (AvgIpc) is 2.97. The van der Waals surface area contributed by atoms with E-state index in [9.17, 15) is 16.8 Å². The standard InChI is InChI=1S/C11H18N4O4S2/c16-20(17)4-3-10(7-20)15-21(18,19)11-8(6-13-14-11)5-12-9-1-2-9/h6,9-10,12,15H,1-5,7H2,(H,13,14). The van der Waals surface area contributed by atoms with E-state index < -0.39 is 25.9 Å². The Kier molecular flexibility index (Phi) is 3.80. The van der Waals surface area contributed by atoms with Crippen LogP contribution in [0.3, 0.4) is 0 Å². The molecule has 2 fully saturated rings. The molecule has 0 aromatic carbocycles. The summed E-state index contributed by atoms with van der Waals surface area (Å²) in [5.41, 5.74) is 0.565. The molecule has 10 heteroatoms. The van der Waals surface area contributed by atoms with Crippen LogP contribution >= 0.6 is 0 Å². The molecule has 3 N–H and O–H groups in total. The van der Waals surface area contributed by atoms with E-state index in [1.54, 1.807) is 0 Å². The molecule has 2 aliphatic rings. The van der Waals surface area contributed by atoms with Crippen molar-refractivity contribution >= 4 is 19.9 Å². The monoisotopic (exact) mass is 334 g/mol. The Morgan fingerprint density at radius 2 is 2.05 bits per heavy atom. The molecule has 1 aliphatic heterocycles. The lowest BCUT2D eigenvalue weighted by Crippen LogP contribution is -2.36. The van der Waals surface area contributed by atoms with E-state index >= 15 is 0 Å². The Balaban J connectivity index is 1.71. The van der Waals surface area contributed by atoms with E-state index in [-0.39, 0.29) is 16.5 Å². The second kappa shape index (κ2) is 5.34. The van der Waals surface area contributed by atoms with Crippen molar-refractivity contribution in [2.45, 2.75) is 42.9 Å². The molecular weight excluding hydrogens is 316 g/mol. The normalized spacial score (nSPS) is 25.2. The quantitative estimate of drug-likeness (QED) is 0.622. The van der Waals surface area contributed by atoms with Crippen LogP contribution in [0, 0.1) is 0 Å². The molecule has 1 saturated heterocycles. The molecule has 0 spiro atoms. The van der Waals surface area contributed by atoms with Gasteiger partial charge in [0, 0.05) is 24.2 Å². The predicted octanol–water partition coefficient (Wildman–Crippen LogP) is -0.873. The molecule has 2 heterocycles. The summed E-state index contributed by atoms with van der Waals surface area (Å²) in [6, 6.07) is -0.101. The summed E-state index contributed by atoms with van der Waals surface area (Å²) in [5.74, 6) is -0.116. The van der Waals surface area contributed by atoms with E-state index in [4.69, 9.17) is 0 Å². The molecule has 0 radical (unpaired) electrons. The molecule has 1 saturated carbocycles. The van der Waals surface area contributed by atoms with Crippen molar-refractivity contribution < 1.29 is 16.8 Å². The average molecular weight is 334 g/mol. The van der Waals surface area contributed by atoms with Gasteiger partial charge in [-0.05, 0) is 19.3 Å². The second-order valence-electron chi connectivity index (χ2n) is 5.60. The van der Waals surface area contributed by atoms with Crippen LogP contribution in [0.5, 0.6) is 0 Å². The van der Waals surface area contributed by atoms with Gasteiger partial charge in [0.2, 0.25) is 0 Å². The highest BCUT2D eigenvalue weighted by Gasteiger charge is 2.33. The number of hydrogen-bond acceptors (Lipinski definition) is 6. The molecular formula is C11H18N4O4S2. The van der Waals surface area contributed by atoms with Gasteiger partial charge in [-0.25, -0.2) is 21.6 Å². The van der Waals surface area contributed by atoms with Crippen LogP contribution in [0.15, 0.2) is 11.2 Å². The van der Waals surface area contributed by atoms with Crippen molar-refractivity contribution in [3.8, 4) is 0 Å². The number of aromatic nitrogens is 2. The number of hydrogen-bond donors (Lipinski definition) is 3. The summed E-state index contributed by atoms with van der Waals surface area (Å²) in [6.07, 6.45) is 4.01. The number of H-pyrrole nitrogens is 1. The number of rotatable bonds is 6. The summed E-state index contributed by atoms with van der Waals surface area (Å²) in [6.45, 7) is 0.431. The van der Waals surface area contributed by atoms with Gasteiger partial charge in [-0.3, -0.25) is 5.10 Å². The molecule has 1 atom stereocenters. The molecule has 118 valence electrons. The van der Waals surface area contributed by atoms with Gasteiger partial charge >= 0.3 is 0 Å². The maximum atomic E-state index is 12.3. The first-order valence-electron chi connectivity index (χ1n) is 6.84. The van der Waals surface area contributed by atoms with Gasteiger partial charge in [0.1, 0.15) is 0 Å². The third-order valence-corrected chi connectivity index (χ3v) is 6.96. The summed E-state index contributed by atoms with van der Waals surface area (Å²) in [4.78, 5) is 0. The highest BCUT2D eigenvalue weighted by Crippen LogP contribution is 2.21. The van der Waals surface area contributed by atoms with Crippen LogP contribution in [0.4, 0.5) is 0 Å². The van der Waals surface area contributed by atoms with Crippen LogP contribution in [0.1, 0.15) is 24.8 Å². The lowest BCUT2D eigenvalue weighted by atomic mass is 10.3. The Hall–Kier alpha value is -0.970. The minimum absolute atomic E-state index is 0.0138. The number of sulfone groups is 1. The summed E-state index contributed by atoms with van der Waals surface area (Å²) < 4.78 is 49.9. The Bertz CT molecular complexity index is 721. The van der Waals surface area contributed by atoms with Crippen LogP contribution in [0.2, 0.25) is 0 Å². The third kappa shape index (κ3) is 3.62. The highest BCUT2D eigenvalue weighted by atomic mass is 32.2. The zero-order valence-corrected chi connectivity index (χ0v) is 13.0. The first-order valence-corrected chi connectivity index (χ1v) is 10.1. The SMILES string of the molecule is O=S1(=O)CCC(NS(=O)(=O)c2[nH]ncc2CNC2CC2)C1. The summed E-state index contributed by atoms with van der Waals surface area (Å²) >= 11 is 0. The van der Waals surface area contributed by atoms with Gasteiger partial charge < -0.3 is 5.32 Å². The molecule has 0 bridgehead atoms.